The van der Waals surface area contributed by atoms with E-state index < -0.39 is 0 Å². The van der Waals surface area contributed by atoms with Crippen molar-refractivity contribution in [1.29, 1.82) is 0 Å². The van der Waals surface area contributed by atoms with Gasteiger partial charge in [0.25, 0.3) is 0 Å². The van der Waals surface area contributed by atoms with Crippen LogP contribution in [0.4, 0.5) is 0 Å². The van der Waals surface area contributed by atoms with Crippen molar-refractivity contribution in [2.24, 2.45) is 0 Å². The zero-order valence-electron chi connectivity index (χ0n) is 13.8. The first-order valence-electron chi connectivity index (χ1n) is 7.35. The molecule has 1 aromatic heterocycles. The van der Waals surface area contributed by atoms with Gasteiger partial charge in [0.2, 0.25) is 5.91 Å². The minimum Gasteiger partial charge on any atom is -0.382 e. The zero-order chi connectivity index (χ0) is 17.0. The SMILES string of the molecule is COCC(c1ccc(Cl)cc1)N(C)C(=O)Cc1c(C)noc1C. The molecule has 0 bridgehead atoms. The van der Waals surface area contributed by atoms with E-state index in [1.54, 1.807) is 19.1 Å². The number of aromatic nitrogens is 1. The second kappa shape index (κ2) is 7.62. The first-order chi connectivity index (χ1) is 10.9. The summed E-state index contributed by atoms with van der Waals surface area (Å²) in [6.07, 6.45) is 0.255. The van der Waals surface area contributed by atoms with E-state index in [1.807, 2.05) is 38.1 Å². The Morgan fingerprint density at radius 2 is 2.00 bits per heavy atom. The number of hydrogen-bond acceptors (Lipinski definition) is 4. The van der Waals surface area contributed by atoms with Crippen molar-refractivity contribution in [2.45, 2.75) is 26.3 Å². The highest BCUT2D eigenvalue weighted by Gasteiger charge is 2.24. The molecule has 1 heterocycles. The predicted octanol–water partition coefficient (Wildman–Crippen LogP) is 3.33. The van der Waals surface area contributed by atoms with Gasteiger partial charge in [0, 0.05) is 24.7 Å². The van der Waals surface area contributed by atoms with Gasteiger partial charge in [0.15, 0.2) is 0 Å². The molecule has 0 aliphatic rings. The molecule has 0 saturated heterocycles. The molecule has 0 saturated carbocycles. The van der Waals surface area contributed by atoms with Gasteiger partial charge in [-0.3, -0.25) is 4.79 Å². The molecule has 2 rings (SSSR count). The maximum Gasteiger partial charge on any atom is 0.227 e. The molecule has 5 nitrogen and oxygen atoms in total. The molecule has 0 N–H and O–H groups in total. The lowest BCUT2D eigenvalue weighted by atomic mass is 10.0. The number of methoxy groups -OCH3 is 1. The second-order valence-corrected chi connectivity index (χ2v) is 5.94. The summed E-state index contributed by atoms with van der Waals surface area (Å²) in [5.74, 6) is 0.662. The van der Waals surface area contributed by atoms with Gasteiger partial charge in [0.05, 0.1) is 24.8 Å². The van der Waals surface area contributed by atoms with Crippen LogP contribution in [0, 0.1) is 13.8 Å². The Morgan fingerprint density at radius 1 is 1.35 bits per heavy atom. The number of carbonyl (C=O) groups is 1. The van der Waals surface area contributed by atoms with Gasteiger partial charge < -0.3 is 14.2 Å². The maximum absolute atomic E-state index is 12.6. The number of aryl methyl sites for hydroxylation is 2. The molecule has 0 spiro atoms. The molecule has 0 aliphatic heterocycles. The molecule has 124 valence electrons. The summed E-state index contributed by atoms with van der Waals surface area (Å²) >= 11 is 5.94. The van der Waals surface area contributed by atoms with E-state index in [0.29, 0.717) is 17.4 Å². The van der Waals surface area contributed by atoms with Crippen LogP contribution in [0.3, 0.4) is 0 Å². The predicted molar refractivity (Wildman–Crippen MR) is 88.5 cm³/mol. The molecule has 2 aromatic rings. The van der Waals surface area contributed by atoms with Gasteiger partial charge in [-0.25, -0.2) is 0 Å². The largest absolute Gasteiger partial charge is 0.382 e. The highest BCUT2D eigenvalue weighted by molar-refractivity contribution is 6.30. The van der Waals surface area contributed by atoms with Crippen LogP contribution >= 0.6 is 11.6 Å². The van der Waals surface area contributed by atoms with E-state index in [-0.39, 0.29) is 18.4 Å². The van der Waals surface area contributed by atoms with Crippen molar-refractivity contribution < 1.29 is 14.1 Å². The molecule has 1 unspecified atom stereocenters. The fraction of sp³-hybridized carbons (Fsp3) is 0.412. The van der Waals surface area contributed by atoms with E-state index in [4.69, 9.17) is 20.9 Å². The fourth-order valence-electron chi connectivity index (χ4n) is 2.48. The number of halogens is 1. The summed E-state index contributed by atoms with van der Waals surface area (Å²) in [4.78, 5) is 14.3. The molecule has 23 heavy (non-hydrogen) atoms. The molecule has 1 amide bonds. The van der Waals surface area contributed by atoms with Crippen molar-refractivity contribution in [3.63, 3.8) is 0 Å². The first kappa shape index (κ1) is 17.5. The van der Waals surface area contributed by atoms with Crippen LogP contribution in [-0.4, -0.2) is 36.7 Å². The Hall–Kier alpha value is -1.85. The third kappa shape index (κ3) is 4.12. The van der Waals surface area contributed by atoms with E-state index in [1.165, 1.54) is 0 Å². The van der Waals surface area contributed by atoms with Crippen molar-refractivity contribution in [3.05, 3.63) is 51.9 Å². The van der Waals surface area contributed by atoms with Gasteiger partial charge in [-0.1, -0.05) is 28.9 Å². The number of carbonyl (C=O) groups excluding carboxylic acids is 1. The second-order valence-electron chi connectivity index (χ2n) is 5.51. The number of nitrogens with zero attached hydrogens (tertiary/aromatic N) is 2. The minimum atomic E-state index is -0.176. The van der Waals surface area contributed by atoms with E-state index in [9.17, 15) is 4.79 Å². The van der Waals surface area contributed by atoms with Gasteiger partial charge in [-0.15, -0.1) is 0 Å². The average molecular weight is 337 g/mol. The minimum absolute atomic E-state index is 0.0172. The summed E-state index contributed by atoms with van der Waals surface area (Å²) in [6.45, 7) is 4.06. The molecule has 6 heteroatoms. The number of amides is 1. The maximum atomic E-state index is 12.6. The first-order valence-corrected chi connectivity index (χ1v) is 7.73. The Kier molecular flexibility index (Phi) is 5.80. The van der Waals surface area contributed by atoms with Crippen LogP contribution in [0.2, 0.25) is 5.02 Å². The van der Waals surface area contributed by atoms with Crippen LogP contribution in [0.1, 0.15) is 28.6 Å². The molecule has 0 aliphatic carbocycles. The van der Waals surface area contributed by atoms with Crippen LogP contribution < -0.4 is 0 Å². The lowest BCUT2D eigenvalue weighted by Gasteiger charge is -2.28. The zero-order valence-corrected chi connectivity index (χ0v) is 14.6. The van der Waals surface area contributed by atoms with Crippen molar-refractivity contribution >= 4 is 17.5 Å². The van der Waals surface area contributed by atoms with Crippen LogP contribution in [0.15, 0.2) is 28.8 Å². The summed E-state index contributed by atoms with van der Waals surface area (Å²) in [5.41, 5.74) is 2.57. The summed E-state index contributed by atoms with van der Waals surface area (Å²) < 4.78 is 10.4. The lowest BCUT2D eigenvalue weighted by molar-refractivity contribution is -0.132. The summed E-state index contributed by atoms with van der Waals surface area (Å²) in [7, 11) is 3.40. The Balaban J connectivity index is 2.18. The molecular formula is C17H21ClN2O3. The van der Waals surface area contributed by atoms with E-state index in [2.05, 4.69) is 5.16 Å². The highest BCUT2D eigenvalue weighted by atomic mass is 35.5. The Morgan fingerprint density at radius 3 is 2.52 bits per heavy atom. The van der Waals surface area contributed by atoms with Crippen molar-refractivity contribution in [2.75, 3.05) is 20.8 Å². The normalized spacial score (nSPS) is 12.2. The summed E-state index contributed by atoms with van der Waals surface area (Å²) in [6, 6.07) is 7.26. The van der Waals surface area contributed by atoms with Gasteiger partial charge in [0.1, 0.15) is 5.76 Å². The summed E-state index contributed by atoms with van der Waals surface area (Å²) in [5, 5.41) is 4.55. The quantitative estimate of drug-likeness (QED) is 0.812. The Labute approximate surface area is 141 Å². The average Bonchev–Trinajstić information content (AvgIpc) is 2.85. The molecule has 1 aromatic carbocycles. The van der Waals surface area contributed by atoms with Gasteiger partial charge >= 0.3 is 0 Å². The highest BCUT2D eigenvalue weighted by Crippen LogP contribution is 2.23. The topological polar surface area (TPSA) is 55.6 Å². The van der Waals surface area contributed by atoms with Gasteiger partial charge in [-0.2, -0.15) is 0 Å². The number of rotatable bonds is 6. The Bertz CT molecular complexity index is 647. The number of benzene rings is 1. The van der Waals surface area contributed by atoms with Crippen LogP contribution in [0.5, 0.6) is 0 Å². The number of hydrogen-bond donors (Lipinski definition) is 0. The van der Waals surface area contributed by atoms with Crippen molar-refractivity contribution in [3.8, 4) is 0 Å². The third-order valence-corrected chi connectivity index (χ3v) is 4.20. The van der Waals surface area contributed by atoms with Crippen LogP contribution in [-0.2, 0) is 16.0 Å². The monoisotopic (exact) mass is 336 g/mol. The van der Waals surface area contributed by atoms with Gasteiger partial charge in [-0.05, 0) is 31.5 Å². The molecule has 0 radical (unpaired) electrons. The smallest absolute Gasteiger partial charge is 0.227 e. The molecule has 0 fully saturated rings. The third-order valence-electron chi connectivity index (χ3n) is 3.95. The van der Waals surface area contributed by atoms with Crippen LogP contribution in [0.25, 0.3) is 0 Å². The molecule has 1 atom stereocenters. The van der Waals surface area contributed by atoms with E-state index >= 15 is 0 Å². The molecular weight excluding hydrogens is 316 g/mol. The van der Waals surface area contributed by atoms with Crippen molar-refractivity contribution in [1.82, 2.24) is 10.1 Å². The fourth-order valence-corrected chi connectivity index (χ4v) is 2.60. The van der Waals surface area contributed by atoms with E-state index in [0.717, 1.165) is 16.8 Å². The standard InChI is InChI=1S/C17H21ClN2O3/c1-11-15(12(2)23-19-11)9-17(21)20(3)16(10-22-4)13-5-7-14(18)8-6-13/h5-8,16H,9-10H2,1-4H3. The number of likely N-dealkylation sites (N-methyl/N-ethyl adjacent to an activating group) is 1. The number of ether oxygens (including phenoxy) is 1. The lowest BCUT2D eigenvalue weighted by Crippen LogP contribution is -2.35.